The summed E-state index contributed by atoms with van der Waals surface area (Å²) in [5, 5.41) is 0. The molecule has 0 amide bonds. The van der Waals surface area contributed by atoms with E-state index in [4.69, 9.17) is 0 Å². The van der Waals surface area contributed by atoms with Crippen LogP contribution in [-0.2, 0) is 4.74 Å². The van der Waals surface area contributed by atoms with Gasteiger partial charge in [-0.2, -0.15) is 0 Å². The smallest absolute Gasteiger partial charge is 0.261 e. The van der Waals surface area contributed by atoms with E-state index < -0.39 is 12.5 Å². The monoisotopic (exact) mass is 94.0 g/mol. The minimum Gasteiger partial charge on any atom is -0.336 e. The van der Waals surface area contributed by atoms with E-state index in [0.717, 1.165) is 0 Å². The van der Waals surface area contributed by atoms with Gasteiger partial charge in [0, 0.05) is 0 Å². The number of ether oxygens (including phenoxy) is 1. The first-order chi connectivity index (χ1) is 2.77. The normalized spacial score (nSPS) is 43.0. The maximum Gasteiger partial charge on any atom is 0.261 e. The molecule has 0 radical (unpaired) electrons. The van der Waals surface area contributed by atoms with Crippen LogP contribution < -0.4 is 0 Å². The first-order valence-electron chi connectivity index (χ1n) is 1.66. The van der Waals surface area contributed by atoms with Crippen molar-refractivity contribution in [1.82, 2.24) is 0 Å². The second kappa shape index (κ2) is 0.904. The van der Waals surface area contributed by atoms with Crippen molar-refractivity contribution in [2.45, 2.75) is 5.85 Å². The van der Waals surface area contributed by atoms with Gasteiger partial charge in [-0.1, -0.05) is 0 Å². The van der Waals surface area contributed by atoms with E-state index in [1.54, 1.807) is 0 Å². The number of epoxide rings is 1. The molecule has 1 fully saturated rings. The van der Waals surface area contributed by atoms with E-state index in [2.05, 4.69) is 4.74 Å². The molecule has 0 spiro atoms. The summed E-state index contributed by atoms with van der Waals surface area (Å²) in [7, 11) is 0. The Labute approximate surface area is 33.9 Å². The average molecular weight is 94.1 g/mol. The maximum absolute atomic E-state index is 11.6. The molecule has 6 heavy (non-hydrogen) atoms. The largest absolute Gasteiger partial charge is 0.336 e. The lowest BCUT2D eigenvalue weighted by molar-refractivity contribution is 0.107. The van der Waals surface area contributed by atoms with Crippen molar-refractivity contribution in [3.63, 3.8) is 0 Å². The summed E-state index contributed by atoms with van der Waals surface area (Å²) in [6.07, 6.45) is 0. The number of hydrogen-bond acceptors (Lipinski definition) is 1. The molecule has 3 heteroatoms. The van der Waals surface area contributed by atoms with Crippen LogP contribution in [0.5, 0.6) is 0 Å². The molecular formula is C3H4F2O. The van der Waals surface area contributed by atoms with Crippen LogP contribution in [-0.4, -0.2) is 19.1 Å². The quantitative estimate of drug-likeness (QED) is 0.434. The third kappa shape index (κ3) is 0.497. The van der Waals surface area contributed by atoms with Gasteiger partial charge in [-0.3, -0.25) is 0 Å². The second-order valence-electron chi connectivity index (χ2n) is 1.31. The lowest BCUT2D eigenvalue weighted by Gasteiger charge is -1.84. The molecule has 1 saturated heterocycles. The summed E-state index contributed by atoms with van der Waals surface area (Å²) in [5.41, 5.74) is 0. The zero-order valence-electron chi connectivity index (χ0n) is 3.08. The van der Waals surface area contributed by atoms with Gasteiger partial charge in [0.1, 0.15) is 6.61 Å². The fraction of sp³-hybridized carbons (Fsp3) is 1.00. The molecule has 0 N–H and O–H groups in total. The van der Waals surface area contributed by atoms with Crippen LogP contribution in [0.2, 0.25) is 0 Å². The molecule has 1 heterocycles. The van der Waals surface area contributed by atoms with E-state index >= 15 is 0 Å². The Morgan fingerprint density at radius 2 is 2.33 bits per heavy atom. The predicted octanol–water partition coefficient (Wildman–Crippen LogP) is 0.652. The summed E-state index contributed by atoms with van der Waals surface area (Å²) in [4.78, 5) is 0. The summed E-state index contributed by atoms with van der Waals surface area (Å²) in [5.74, 6) is -1.88. The van der Waals surface area contributed by atoms with Gasteiger partial charge < -0.3 is 4.74 Å². The Hall–Kier alpha value is -0.180. The molecule has 36 valence electrons. The highest BCUT2D eigenvalue weighted by molar-refractivity contribution is 4.77. The summed E-state index contributed by atoms with van der Waals surface area (Å²) >= 11 is 0. The number of alkyl halides is 2. The number of rotatable bonds is 1. The van der Waals surface area contributed by atoms with Crippen molar-refractivity contribution in [3.8, 4) is 0 Å². The molecule has 1 unspecified atom stereocenters. The van der Waals surface area contributed by atoms with Gasteiger partial charge in [0.05, 0.1) is 0 Å². The Morgan fingerprint density at radius 3 is 2.33 bits per heavy atom. The highest BCUT2D eigenvalue weighted by atomic mass is 19.2. The molecule has 1 aliphatic heterocycles. The molecule has 0 saturated carbocycles. The van der Waals surface area contributed by atoms with E-state index in [9.17, 15) is 8.78 Å². The minimum absolute atomic E-state index is 0.0660. The zero-order chi connectivity index (χ0) is 4.62. The molecule has 1 nitrogen and oxygen atoms in total. The van der Waals surface area contributed by atoms with Gasteiger partial charge in [-0.25, -0.2) is 8.78 Å². The van der Waals surface area contributed by atoms with Crippen molar-refractivity contribution < 1.29 is 13.5 Å². The van der Waals surface area contributed by atoms with Gasteiger partial charge in [-0.05, 0) is 0 Å². The second-order valence-corrected chi connectivity index (χ2v) is 1.31. The van der Waals surface area contributed by atoms with Crippen LogP contribution in [0.15, 0.2) is 0 Å². The van der Waals surface area contributed by atoms with Crippen molar-refractivity contribution >= 4 is 0 Å². The summed E-state index contributed by atoms with van der Waals surface area (Å²) < 4.78 is 26.7. The third-order valence-electron chi connectivity index (χ3n) is 0.657. The molecule has 0 aromatic heterocycles. The van der Waals surface area contributed by atoms with Gasteiger partial charge in [0.25, 0.3) is 5.85 Å². The molecule has 1 atom stereocenters. The lowest BCUT2D eigenvalue weighted by atomic mass is 10.5. The number of hydrogen-bond donors (Lipinski definition) is 0. The summed E-state index contributed by atoms with van der Waals surface area (Å²) in [6, 6.07) is 0. The lowest BCUT2D eigenvalue weighted by Crippen LogP contribution is -2.02. The first-order valence-corrected chi connectivity index (χ1v) is 1.66. The fourth-order valence-electron chi connectivity index (χ4n) is 0.155. The zero-order valence-corrected chi connectivity index (χ0v) is 3.08. The molecule has 0 aliphatic carbocycles. The topological polar surface area (TPSA) is 12.5 Å². The van der Waals surface area contributed by atoms with Crippen molar-refractivity contribution in [1.29, 1.82) is 0 Å². The minimum atomic E-state index is -1.88. The standard InChI is InChI=1S/C3H4F2O/c4-1-3(5)2-6-3/h1-2H2. The van der Waals surface area contributed by atoms with Crippen LogP contribution in [0.4, 0.5) is 8.78 Å². The predicted molar refractivity (Wildman–Crippen MR) is 15.8 cm³/mol. The molecule has 0 aromatic rings. The van der Waals surface area contributed by atoms with E-state index in [1.165, 1.54) is 0 Å². The SMILES string of the molecule is FCC1(F)CO1. The van der Waals surface area contributed by atoms with E-state index in [-0.39, 0.29) is 6.61 Å². The Morgan fingerprint density at radius 1 is 1.83 bits per heavy atom. The molecule has 0 bridgehead atoms. The van der Waals surface area contributed by atoms with E-state index in [1.807, 2.05) is 0 Å². The van der Waals surface area contributed by atoms with Gasteiger partial charge in [-0.15, -0.1) is 0 Å². The third-order valence-corrected chi connectivity index (χ3v) is 0.657. The van der Waals surface area contributed by atoms with Gasteiger partial charge >= 0.3 is 0 Å². The molecular weight excluding hydrogens is 90.0 g/mol. The van der Waals surface area contributed by atoms with Crippen LogP contribution in [0.3, 0.4) is 0 Å². The van der Waals surface area contributed by atoms with E-state index in [0.29, 0.717) is 0 Å². The van der Waals surface area contributed by atoms with Crippen molar-refractivity contribution in [2.75, 3.05) is 13.3 Å². The van der Waals surface area contributed by atoms with Crippen molar-refractivity contribution in [3.05, 3.63) is 0 Å². The number of halogens is 2. The highest BCUT2D eigenvalue weighted by Gasteiger charge is 2.45. The van der Waals surface area contributed by atoms with Gasteiger partial charge in [0.2, 0.25) is 0 Å². The molecule has 0 aromatic carbocycles. The molecule has 1 aliphatic rings. The van der Waals surface area contributed by atoms with Crippen LogP contribution in [0.25, 0.3) is 0 Å². The Kier molecular flexibility index (Phi) is 0.602. The molecule has 1 rings (SSSR count). The maximum atomic E-state index is 11.6. The van der Waals surface area contributed by atoms with Crippen LogP contribution in [0, 0.1) is 0 Å². The highest BCUT2D eigenvalue weighted by Crippen LogP contribution is 2.27. The average Bonchev–Trinajstić information content (AvgIpc) is 2.22. The van der Waals surface area contributed by atoms with Gasteiger partial charge in [0.15, 0.2) is 6.67 Å². The fourth-order valence-corrected chi connectivity index (χ4v) is 0.155. The van der Waals surface area contributed by atoms with Crippen LogP contribution >= 0.6 is 0 Å². The van der Waals surface area contributed by atoms with Crippen LogP contribution in [0.1, 0.15) is 0 Å². The first kappa shape index (κ1) is 3.99. The Balaban J connectivity index is 2.28. The van der Waals surface area contributed by atoms with Crippen molar-refractivity contribution in [2.24, 2.45) is 0 Å². The Bertz CT molecular complexity index is 59.8. The summed E-state index contributed by atoms with van der Waals surface area (Å²) in [6.45, 7) is -1.07.